The molecule has 0 saturated carbocycles. The van der Waals surface area contributed by atoms with Crippen molar-refractivity contribution in [3.8, 4) is 17.2 Å². The number of carbonyl (C=O) groups is 1. The lowest BCUT2D eigenvalue weighted by atomic mass is 9.90. The first-order chi connectivity index (χ1) is 17.7. The van der Waals surface area contributed by atoms with E-state index in [1.165, 1.54) is 44.6 Å². The Kier molecular flexibility index (Phi) is 7.05. The Bertz CT molecular complexity index is 1530. The number of halogens is 1. The minimum Gasteiger partial charge on any atom is -0.493 e. The molecule has 0 amide bonds. The van der Waals surface area contributed by atoms with E-state index in [9.17, 15) is 14.7 Å². The molecule has 190 valence electrons. The van der Waals surface area contributed by atoms with Gasteiger partial charge < -0.3 is 20.3 Å². The standard InChI is InChI=1S/C26H24FN5O5/c1-36-21-12-17(19(27)13-22(21)37-2)18(11-14-7-9-15(10-8-14)23(28)29)24-30-26(35)32(31-24)20-6-4-3-5-16(20)25(33)34/h3-10,12-13,18H,11H2,1-2H3,(H3,28,29)(H,33,34)(H,30,31,35). The molecular formula is C26H24FN5O5. The fourth-order valence-electron chi connectivity index (χ4n) is 4.05. The third kappa shape index (κ3) is 5.06. The van der Waals surface area contributed by atoms with Gasteiger partial charge in [0.1, 0.15) is 17.5 Å². The van der Waals surface area contributed by atoms with Crippen LogP contribution in [-0.4, -0.2) is 45.9 Å². The minimum atomic E-state index is -1.22. The van der Waals surface area contributed by atoms with E-state index in [2.05, 4.69) is 10.1 Å². The van der Waals surface area contributed by atoms with Crippen molar-refractivity contribution < 1.29 is 23.8 Å². The number of hydrogen-bond donors (Lipinski definition) is 4. The molecule has 0 aliphatic heterocycles. The number of nitrogens with zero attached hydrogens (tertiary/aromatic N) is 2. The number of nitrogens with two attached hydrogens (primary N) is 1. The molecule has 0 saturated heterocycles. The number of carboxylic acids is 1. The van der Waals surface area contributed by atoms with Gasteiger partial charge in [0.2, 0.25) is 0 Å². The van der Waals surface area contributed by atoms with Crippen molar-refractivity contribution in [3.63, 3.8) is 0 Å². The molecule has 0 fully saturated rings. The first kappa shape index (κ1) is 25.2. The van der Waals surface area contributed by atoms with Crippen molar-refractivity contribution in [1.82, 2.24) is 14.8 Å². The molecule has 5 N–H and O–H groups in total. The molecule has 10 nitrogen and oxygen atoms in total. The van der Waals surface area contributed by atoms with Crippen LogP contribution in [0.5, 0.6) is 11.5 Å². The number of carboxylic acid groups (broad SMARTS) is 1. The highest BCUT2D eigenvalue weighted by atomic mass is 19.1. The Labute approximate surface area is 210 Å². The predicted molar refractivity (Wildman–Crippen MR) is 134 cm³/mol. The number of hydrogen-bond acceptors (Lipinski definition) is 6. The summed E-state index contributed by atoms with van der Waals surface area (Å²) < 4.78 is 26.9. The summed E-state index contributed by atoms with van der Waals surface area (Å²) in [6.07, 6.45) is 0.206. The molecule has 37 heavy (non-hydrogen) atoms. The van der Waals surface area contributed by atoms with Gasteiger partial charge in [0, 0.05) is 17.2 Å². The van der Waals surface area contributed by atoms with E-state index in [0.29, 0.717) is 5.56 Å². The molecule has 1 aromatic heterocycles. The fraction of sp³-hybridized carbons (Fsp3) is 0.154. The van der Waals surface area contributed by atoms with Crippen LogP contribution in [0.3, 0.4) is 0 Å². The molecule has 0 bridgehead atoms. The van der Waals surface area contributed by atoms with E-state index < -0.39 is 23.4 Å². The maximum Gasteiger partial charge on any atom is 0.348 e. The zero-order valence-corrected chi connectivity index (χ0v) is 20.0. The molecule has 0 aliphatic rings. The molecular weight excluding hydrogens is 481 g/mol. The molecule has 3 aromatic carbocycles. The maximum atomic E-state index is 15.4. The number of nitrogens with one attached hydrogen (secondary N) is 2. The number of para-hydroxylation sites is 1. The van der Waals surface area contributed by atoms with Crippen LogP contribution in [0.1, 0.15) is 38.8 Å². The molecule has 1 unspecified atom stereocenters. The molecule has 0 spiro atoms. The molecule has 1 atom stereocenters. The summed E-state index contributed by atoms with van der Waals surface area (Å²) in [6, 6.07) is 15.5. The number of aromatic amines is 1. The number of amidine groups is 1. The molecule has 0 radical (unpaired) electrons. The number of aromatic carboxylic acids is 1. The zero-order chi connectivity index (χ0) is 26.7. The number of aromatic nitrogens is 3. The summed E-state index contributed by atoms with van der Waals surface area (Å²) in [5.74, 6) is -2.11. The fourth-order valence-corrected chi connectivity index (χ4v) is 4.05. The van der Waals surface area contributed by atoms with Crippen molar-refractivity contribution in [2.75, 3.05) is 14.2 Å². The van der Waals surface area contributed by atoms with E-state index in [-0.39, 0.29) is 46.4 Å². The SMILES string of the molecule is COc1cc(F)c(C(Cc2ccc(C(=N)N)cc2)c2nn(-c3ccccc3C(=O)O)c(=O)[nH]2)cc1OC. The van der Waals surface area contributed by atoms with Crippen molar-refractivity contribution in [2.24, 2.45) is 5.73 Å². The smallest absolute Gasteiger partial charge is 0.348 e. The lowest BCUT2D eigenvalue weighted by Crippen LogP contribution is -2.18. The Morgan fingerprint density at radius 3 is 2.41 bits per heavy atom. The van der Waals surface area contributed by atoms with E-state index in [0.717, 1.165) is 10.2 Å². The number of nitrogen functional groups attached to an aromatic ring is 1. The molecule has 0 aliphatic carbocycles. The molecule has 1 heterocycles. The van der Waals surface area contributed by atoms with Crippen molar-refractivity contribution in [2.45, 2.75) is 12.3 Å². The van der Waals surface area contributed by atoms with Gasteiger partial charge in [0.15, 0.2) is 11.5 Å². The van der Waals surface area contributed by atoms with E-state index in [1.807, 2.05) is 0 Å². The normalized spacial score (nSPS) is 11.6. The highest BCUT2D eigenvalue weighted by molar-refractivity contribution is 5.94. The molecule has 4 aromatic rings. The van der Waals surface area contributed by atoms with Gasteiger partial charge in [-0.25, -0.2) is 14.0 Å². The van der Waals surface area contributed by atoms with Crippen LogP contribution in [0.25, 0.3) is 5.69 Å². The highest BCUT2D eigenvalue weighted by Gasteiger charge is 2.26. The predicted octanol–water partition coefficient (Wildman–Crippen LogP) is 3.07. The second-order valence-electron chi connectivity index (χ2n) is 8.15. The summed E-state index contributed by atoms with van der Waals surface area (Å²) in [5.41, 5.74) is 6.29. The van der Waals surface area contributed by atoms with Crippen LogP contribution >= 0.6 is 0 Å². The lowest BCUT2D eigenvalue weighted by Gasteiger charge is -2.18. The third-order valence-corrected chi connectivity index (χ3v) is 5.91. The topological polar surface area (TPSA) is 156 Å². The van der Waals surface area contributed by atoms with Gasteiger partial charge >= 0.3 is 11.7 Å². The number of methoxy groups -OCH3 is 2. The van der Waals surface area contributed by atoms with Crippen LogP contribution in [0.4, 0.5) is 4.39 Å². The number of benzene rings is 3. The Morgan fingerprint density at radius 2 is 1.78 bits per heavy atom. The van der Waals surface area contributed by atoms with Gasteiger partial charge in [0.05, 0.1) is 31.4 Å². The average Bonchev–Trinajstić information content (AvgIpc) is 3.28. The summed E-state index contributed by atoms with van der Waals surface area (Å²) in [6.45, 7) is 0. The van der Waals surface area contributed by atoms with E-state index in [1.54, 1.807) is 30.3 Å². The van der Waals surface area contributed by atoms with Crippen molar-refractivity contribution >= 4 is 11.8 Å². The molecule has 11 heteroatoms. The van der Waals surface area contributed by atoms with Crippen LogP contribution in [-0.2, 0) is 6.42 Å². The largest absolute Gasteiger partial charge is 0.493 e. The Hall–Kier alpha value is -4.93. The first-order valence-electron chi connectivity index (χ1n) is 11.1. The van der Waals surface area contributed by atoms with Gasteiger partial charge in [0.25, 0.3) is 0 Å². The lowest BCUT2D eigenvalue weighted by molar-refractivity contribution is 0.0696. The van der Waals surface area contributed by atoms with Gasteiger partial charge in [-0.05, 0) is 30.2 Å². The van der Waals surface area contributed by atoms with Gasteiger partial charge in [-0.1, -0.05) is 36.4 Å². The van der Waals surface area contributed by atoms with Gasteiger partial charge in [-0.15, -0.1) is 5.10 Å². The maximum absolute atomic E-state index is 15.4. The van der Waals surface area contributed by atoms with Gasteiger partial charge in [-0.2, -0.15) is 4.68 Å². The summed E-state index contributed by atoms with van der Waals surface area (Å²) in [7, 11) is 2.82. The summed E-state index contributed by atoms with van der Waals surface area (Å²) in [5, 5.41) is 21.5. The number of H-pyrrole nitrogens is 1. The van der Waals surface area contributed by atoms with Crippen LogP contribution in [0, 0.1) is 11.2 Å². The minimum absolute atomic E-state index is 0.0693. The monoisotopic (exact) mass is 505 g/mol. The number of rotatable bonds is 9. The summed E-state index contributed by atoms with van der Waals surface area (Å²) >= 11 is 0. The van der Waals surface area contributed by atoms with Crippen molar-refractivity contribution in [3.05, 3.63) is 105 Å². The third-order valence-electron chi connectivity index (χ3n) is 5.91. The first-order valence-corrected chi connectivity index (χ1v) is 11.1. The quantitative estimate of drug-likeness (QED) is 0.201. The van der Waals surface area contributed by atoms with Gasteiger partial charge in [-0.3, -0.25) is 10.4 Å². The number of ether oxygens (including phenoxy) is 2. The van der Waals surface area contributed by atoms with Crippen LogP contribution < -0.4 is 20.9 Å². The second kappa shape index (κ2) is 10.4. The van der Waals surface area contributed by atoms with E-state index in [4.69, 9.17) is 20.6 Å². The highest BCUT2D eigenvalue weighted by Crippen LogP contribution is 2.36. The zero-order valence-electron chi connectivity index (χ0n) is 20.0. The van der Waals surface area contributed by atoms with E-state index >= 15 is 4.39 Å². The Morgan fingerprint density at radius 1 is 1.14 bits per heavy atom. The van der Waals surface area contributed by atoms with Crippen molar-refractivity contribution in [1.29, 1.82) is 5.41 Å². The average molecular weight is 506 g/mol. The Balaban J connectivity index is 1.86. The molecule has 4 rings (SSSR count). The van der Waals surface area contributed by atoms with Crippen LogP contribution in [0.15, 0.2) is 65.5 Å². The van der Waals surface area contributed by atoms with Crippen LogP contribution in [0.2, 0.25) is 0 Å². The summed E-state index contributed by atoms with van der Waals surface area (Å²) in [4.78, 5) is 27.3. The second-order valence-corrected chi connectivity index (χ2v) is 8.15.